The van der Waals surface area contributed by atoms with Gasteiger partial charge in [0.1, 0.15) is 0 Å². The number of carboxylic acids is 1. The van der Waals surface area contributed by atoms with Gasteiger partial charge in [0.2, 0.25) is 0 Å². The number of aromatic carboxylic acids is 1. The maximum Gasteiger partial charge on any atom is 0.406 e. The fourth-order valence-corrected chi connectivity index (χ4v) is 2.36. The third kappa shape index (κ3) is 5.34. The minimum absolute atomic E-state index is 0.200. The largest absolute Gasteiger partial charge is 0.477 e. The Bertz CT molecular complexity index is 688. The molecule has 0 bridgehead atoms. The van der Waals surface area contributed by atoms with Crippen LogP contribution < -0.4 is 5.32 Å². The summed E-state index contributed by atoms with van der Waals surface area (Å²) in [5, 5.41) is 11.5. The van der Waals surface area contributed by atoms with Gasteiger partial charge in [0.25, 0.3) is 0 Å². The SMILES string of the molecule is CCOC(=O)NC.CCc1cccc(CC)c1-n1cncc1C(=O)O. The molecule has 1 heterocycles. The van der Waals surface area contributed by atoms with Crippen LogP contribution in [0.4, 0.5) is 4.79 Å². The molecule has 0 saturated carbocycles. The Kier molecular flexibility index (Phi) is 8.18. The lowest BCUT2D eigenvalue weighted by Gasteiger charge is -2.15. The molecule has 7 nitrogen and oxygen atoms in total. The van der Waals surface area contributed by atoms with Crippen LogP contribution in [0.1, 0.15) is 42.4 Å². The minimum atomic E-state index is -0.958. The van der Waals surface area contributed by atoms with Gasteiger partial charge in [-0.1, -0.05) is 32.0 Å². The summed E-state index contributed by atoms with van der Waals surface area (Å²) < 4.78 is 6.11. The predicted octanol–water partition coefficient (Wildman–Crippen LogP) is 3.06. The summed E-state index contributed by atoms with van der Waals surface area (Å²) in [6, 6.07) is 6.07. The van der Waals surface area contributed by atoms with Crippen molar-refractivity contribution in [3.63, 3.8) is 0 Å². The third-order valence-electron chi connectivity index (χ3n) is 3.54. The lowest BCUT2D eigenvalue weighted by atomic mass is 10.0. The van der Waals surface area contributed by atoms with Crippen LogP contribution in [-0.4, -0.2) is 40.4 Å². The van der Waals surface area contributed by atoms with Crippen molar-refractivity contribution in [1.82, 2.24) is 14.9 Å². The highest BCUT2D eigenvalue weighted by atomic mass is 16.5. The molecule has 2 N–H and O–H groups in total. The first-order valence-corrected chi connectivity index (χ1v) is 8.21. The van der Waals surface area contributed by atoms with Crippen LogP contribution in [0.2, 0.25) is 0 Å². The first-order valence-electron chi connectivity index (χ1n) is 8.21. The van der Waals surface area contributed by atoms with E-state index in [9.17, 15) is 14.7 Å². The zero-order chi connectivity index (χ0) is 18.8. The smallest absolute Gasteiger partial charge is 0.406 e. The third-order valence-corrected chi connectivity index (χ3v) is 3.54. The molecule has 136 valence electrons. The number of rotatable bonds is 5. The number of para-hydroxylation sites is 1. The van der Waals surface area contributed by atoms with Gasteiger partial charge < -0.3 is 15.2 Å². The molecule has 0 radical (unpaired) electrons. The summed E-state index contributed by atoms with van der Waals surface area (Å²) >= 11 is 0. The van der Waals surface area contributed by atoms with Crippen LogP contribution >= 0.6 is 0 Å². The van der Waals surface area contributed by atoms with Crippen molar-refractivity contribution in [2.45, 2.75) is 33.6 Å². The summed E-state index contributed by atoms with van der Waals surface area (Å²) in [7, 11) is 1.53. The number of amides is 1. The molecule has 0 aliphatic rings. The summed E-state index contributed by atoms with van der Waals surface area (Å²) in [6.07, 6.45) is 4.30. The van der Waals surface area contributed by atoms with Gasteiger partial charge in [-0.15, -0.1) is 0 Å². The number of nitrogens with zero attached hydrogens (tertiary/aromatic N) is 2. The van der Waals surface area contributed by atoms with Crippen LogP contribution in [-0.2, 0) is 17.6 Å². The van der Waals surface area contributed by atoms with Crippen LogP contribution in [0.5, 0.6) is 0 Å². The summed E-state index contributed by atoms with van der Waals surface area (Å²) in [5.41, 5.74) is 3.42. The fourth-order valence-electron chi connectivity index (χ4n) is 2.36. The number of hydrogen-bond acceptors (Lipinski definition) is 4. The number of hydrogen-bond donors (Lipinski definition) is 2. The van der Waals surface area contributed by atoms with E-state index in [1.54, 1.807) is 17.8 Å². The van der Waals surface area contributed by atoms with Gasteiger partial charge in [0, 0.05) is 7.05 Å². The van der Waals surface area contributed by atoms with E-state index in [0.29, 0.717) is 6.61 Å². The maximum atomic E-state index is 11.2. The Morgan fingerprint density at radius 1 is 1.20 bits per heavy atom. The molecule has 2 aromatic rings. The molecule has 0 unspecified atom stereocenters. The monoisotopic (exact) mass is 347 g/mol. The fraction of sp³-hybridized carbons (Fsp3) is 0.389. The molecule has 1 aromatic carbocycles. The van der Waals surface area contributed by atoms with Crippen LogP contribution in [0.15, 0.2) is 30.7 Å². The zero-order valence-corrected chi connectivity index (χ0v) is 15.1. The van der Waals surface area contributed by atoms with Gasteiger partial charge in [-0.25, -0.2) is 14.6 Å². The molecule has 0 atom stereocenters. The normalized spacial score (nSPS) is 9.76. The Morgan fingerprint density at radius 3 is 2.20 bits per heavy atom. The summed E-state index contributed by atoms with van der Waals surface area (Å²) in [6.45, 7) is 6.32. The Morgan fingerprint density at radius 2 is 1.80 bits per heavy atom. The van der Waals surface area contributed by atoms with Gasteiger partial charge in [-0.2, -0.15) is 0 Å². The number of benzene rings is 1. The number of carbonyl (C=O) groups excluding carboxylic acids is 1. The van der Waals surface area contributed by atoms with E-state index in [1.165, 1.54) is 13.2 Å². The minimum Gasteiger partial charge on any atom is -0.477 e. The second kappa shape index (κ2) is 10.1. The number of ether oxygens (including phenoxy) is 1. The van der Waals surface area contributed by atoms with E-state index < -0.39 is 5.97 Å². The van der Waals surface area contributed by atoms with Gasteiger partial charge in [0.05, 0.1) is 24.8 Å². The molecule has 2 rings (SSSR count). The molecule has 1 amide bonds. The van der Waals surface area contributed by atoms with Gasteiger partial charge in [-0.05, 0) is 30.9 Å². The molecule has 25 heavy (non-hydrogen) atoms. The van der Waals surface area contributed by atoms with Crippen molar-refractivity contribution in [1.29, 1.82) is 0 Å². The van der Waals surface area contributed by atoms with E-state index in [0.717, 1.165) is 29.7 Å². The highest BCUT2D eigenvalue weighted by molar-refractivity contribution is 5.86. The molecule has 0 saturated heterocycles. The van der Waals surface area contributed by atoms with Crippen molar-refractivity contribution in [3.05, 3.63) is 47.5 Å². The van der Waals surface area contributed by atoms with E-state index in [2.05, 4.69) is 28.9 Å². The topological polar surface area (TPSA) is 93.5 Å². The average molecular weight is 347 g/mol. The van der Waals surface area contributed by atoms with E-state index in [-0.39, 0.29) is 11.8 Å². The number of aryl methyl sites for hydroxylation is 2. The number of imidazole rings is 1. The Balaban J connectivity index is 0.000000381. The molecule has 0 spiro atoms. The van der Waals surface area contributed by atoms with Gasteiger partial charge >= 0.3 is 12.1 Å². The van der Waals surface area contributed by atoms with Crippen LogP contribution in [0.25, 0.3) is 5.69 Å². The first kappa shape index (κ1) is 20.2. The molecular formula is C18H25N3O4. The Hall–Kier alpha value is -2.83. The lowest BCUT2D eigenvalue weighted by Crippen LogP contribution is -2.18. The van der Waals surface area contributed by atoms with Crippen molar-refractivity contribution in [2.75, 3.05) is 13.7 Å². The van der Waals surface area contributed by atoms with Crippen LogP contribution in [0.3, 0.4) is 0 Å². The second-order valence-electron chi connectivity index (χ2n) is 5.06. The maximum absolute atomic E-state index is 11.2. The van der Waals surface area contributed by atoms with E-state index >= 15 is 0 Å². The van der Waals surface area contributed by atoms with Gasteiger partial charge in [-0.3, -0.25) is 4.57 Å². The van der Waals surface area contributed by atoms with Crippen LogP contribution in [0, 0.1) is 0 Å². The summed E-state index contributed by atoms with van der Waals surface area (Å²) in [5.74, 6) is -0.958. The molecule has 0 fully saturated rings. The Labute approximate surface area is 147 Å². The molecule has 1 aromatic heterocycles. The zero-order valence-electron chi connectivity index (χ0n) is 15.1. The predicted molar refractivity (Wildman–Crippen MR) is 95.4 cm³/mol. The number of carboxylic acid groups (broad SMARTS) is 1. The van der Waals surface area contributed by atoms with Crippen molar-refractivity contribution >= 4 is 12.1 Å². The molecule has 0 aliphatic carbocycles. The average Bonchev–Trinajstić information content (AvgIpc) is 3.11. The quantitative estimate of drug-likeness (QED) is 0.867. The number of alkyl carbamates (subject to hydrolysis) is 1. The van der Waals surface area contributed by atoms with Crippen molar-refractivity contribution < 1.29 is 19.4 Å². The highest BCUT2D eigenvalue weighted by Gasteiger charge is 2.15. The number of nitrogens with one attached hydrogen (secondary N) is 1. The van der Waals surface area contributed by atoms with E-state index in [4.69, 9.17) is 0 Å². The van der Waals surface area contributed by atoms with Crippen molar-refractivity contribution in [3.8, 4) is 5.69 Å². The lowest BCUT2D eigenvalue weighted by molar-refractivity contribution is 0.0688. The van der Waals surface area contributed by atoms with Gasteiger partial charge in [0.15, 0.2) is 5.69 Å². The molecule has 7 heteroatoms. The highest BCUT2D eigenvalue weighted by Crippen LogP contribution is 2.22. The first-order chi connectivity index (χ1) is 12.0. The van der Waals surface area contributed by atoms with Crippen molar-refractivity contribution in [2.24, 2.45) is 0 Å². The second-order valence-corrected chi connectivity index (χ2v) is 5.06. The standard InChI is InChI=1S/C14H16N2O2.C4H9NO2/c1-3-10-6-5-7-11(4-2)13(10)16-9-15-8-12(16)14(17)18;1-3-7-4(6)5-2/h5-9H,3-4H2,1-2H3,(H,17,18);3H2,1-2H3,(H,5,6). The number of carbonyl (C=O) groups is 2. The number of aromatic nitrogens is 2. The molecule has 0 aliphatic heterocycles. The molecular weight excluding hydrogens is 322 g/mol. The van der Waals surface area contributed by atoms with E-state index in [1.807, 2.05) is 18.2 Å². The summed E-state index contributed by atoms with van der Waals surface area (Å²) in [4.78, 5) is 25.2.